The molecule has 1 fully saturated rings. The summed E-state index contributed by atoms with van der Waals surface area (Å²) in [5, 5.41) is 3.56. The van der Waals surface area contributed by atoms with E-state index >= 15 is 0 Å². The molecule has 0 unspecified atom stereocenters. The molecule has 0 N–H and O–H groups in total. The van der Waals surface area contributed by atoms with Crippen molar-refractivity contribution in [2.75, 3.05) is 51.4 Å². The van der Waals surface area contributed by atoms with Crippen LogP contribution in [0.4, 0.5) is 5.13 Å². The normalized spacial score (nSPS) is 13.8. The molecule has 1 aliphatic rings. The minimum atomic E-state index is -0.0657. The first-order valence-corrected chi connectivity index (χ1v) is 14.8. The number of hydrogen-bond acceptors (Lipinski definition) is 8. The zero-order valence-electron chi connectivity index (χ0n) is 22.5. The van der Waals surface area contributed by atoms with E-state index < -0.39 is 0 Å². The standard InChI is InChI=1S/C30H30N4O3S2.ClH/c1-20-10-11-25(36-2)27-28(20)39-30(32-27)34(13-6-12-33-14-16-37-17-15-33)29(35)22-19-24(26-9-5-18-38-26)31-23-8-4-3-7-21(22)23;/h3-5,7-11,18-19H,6,12-17H2,1-2H3;1H. The van der Waals surface area contributed by atoms with Gasteiger partial charge in [-0.15, -0.1) is 23.7 Å². The fourth-order valence-corrected chi connectivity index (χ4v) is 6.75. The van der Waals surface area contributed by atoms with Gasteiger partial charge < -0.3 is 9.47 Å². The Bertz CT molecular complexity index is 1620. The van der Waals surface area contributed by atoms with Crippen molar-refractivity contribution in [3.05, 3.63) is 71.1 Å². The molecule has 6 rings (SSSR count). The molecular formula is C30H31ClN4O3S2. The van der Waals surface area contributed by atoms with Gasteiger partial charge in [0.15, 0.2) is 5.13 Å². The monoisotopic (exact) mass is 594 g/mol. The lowest BCUT2D eigenvalue weighted by atomic mass is 10.1. The Labute approximate surface area is 247 Å². The summed E-state index contributed by atoms with van der Waals surface area (Å²) in [4.78, 5) is 29.6. The van der Waals surface area contributed by atoms with Crippen LogP contribution in [0.25, 0.3) is 31.7 Å². The smallest absolute Gasteiger partial charge is 0.260 e. The lowest BCUT2D eigenvalue weighted by molar-refractivity contribution is 0.0376. The number of carbonyl (C=O) groups excluding carboxylic acids is 1. The average molecular weight is 595 g/mol. The van der Waals surface area contributed by atoms with Gasteiger partial charge >= 0.3 is 0 Å². The third kappa shape index (κ3) is 5.70. The van der Waals surface area contributed by atoms with Crippen LogP contribution in [-0.2, 0) is 4.74 Å². The summed E-state index contributed by atoms with van der Waals surface area (Å²) in [7, 11) is 1.66. The molecule has 0 spiro atoms. The highest BCUT2D eigenvalue weighted by Gasteiger charge is 2.26. The van der Waals surface area contributed by atoms with E-state index in [4.69, 9.17) is 19.4 Å². The highest BCUT2D eigenvalue weighted by atomic mass is 35.5. The largest absolute Gasteiger partial charge is 0.494 e. The number of amides is 1. The molecule has 40 heavy (non-hydrogen) atoms. The number of carbonyl (C=O) groups is 1. The second kappa shape index (κ2) is 12.6. The summed E-state index contributed by atoms with van der Waals surface area (Å²) in [5.74, 6) is 0.650. The van der Waals surface area contributed by atoms with Gasteiger partial charge in [-0.25, -0.2) is 9.97 Å². The molecule has 1 saturated heterocycles. The number of nitrogens with zero attached hydrogens (tertiary/aromatic N) is 4. The maximum atomic E-state index is 14.5. The number of aryl methyl sites for hydroxylation is 1. The molecule has 3 aromatic heterocycles. The van der Waals surface area contributed by atoms with Gasteiger partial charge in [0.05, 0.1) is 46.7 Å². The zero-order valence-corrected chi connectivity index (χ0v) is 24.9. The Hall–Kier alpha value is -3.08. The van der Waals surface area contributed by atoms with Crippen LogP contribution in [0.5, 0.6) is 5.75 Å². The van der Waals surface area contributed by atoms with Crippen molar-refractivity contribution in [3.63, 3.8) is 0 Å². The topological polar surface area (TPSA) is 67.8 Å². The highest BCUT2D eigenvalue weighted by molar-refractivity contribution is 7.22. The average Bonchev–Trinajstić information content (AvgIpc) is 3.67. The van der Waals surface area contributed by atoms with E-state index in [1.165, 1.54) is 0 Å². The van der Waals surface area contributed by atoms with Crippen LogP contribution in [-0.4, -0.2) is 67.3 Å². The molecule has 0 saturated carbocycles. The Kier molecular flexibility index (Phi) is 8.97. The summed E-state index contributed by atoms with van der Waals surface area (Å²) in [6.45, 7) is 6.88. The van der Waals surface area contributed by atoms with E-state index in [-0.39, 0.29) is 18.3 Å². The fourth-order valence-electron chi connectivity index (χ4n) is 4.99. The number of hydrogen-bond donors (Lipinski definition) is 0. The number of benzene rings is 2. The quantitative estimate of drug-likeness (QED) is 0.200. The third-order valence-corrected chi connectivity index (χ3v) is 9.17. The number of rotatable bonds is 8. The van der Waals surface area contributed by atoms with Crippen LogP contribution in [0, 0.1) is 6.92 Å². The molecule has 0 bridgehead atoms. The molecule has 5 aromatic rings. The first-order valence-electron chi connectivity index (χ1n) is 13.1. The highest BCUT2D eigenvalue weighted by Crippen LogP contribution is 2.38. The van der Waals surface area contributed by atoms with Gasteiger partial charge in [-0.05, 0) is 48.6 Å². The van der Waals surface area contributed by atoms with E-state index in [1.807, 2.05) is 64.9 Å². The van der Waals surface area contributed by atoms with Gasteiger partial charge in [-0.3, -0.25) is 14.6 Å². The number of halogens is 1. The van der Waals surface area contributed by atoms with E-state index in [2.05, 4.69) is 11.8 Å². The molecule has 208 valence electrons. The van der Waals surface area contributed by atoms with Gasteiger partial charge in [0.1, 0.15) is 11.3 Å². The Morgan fingerprint density at radius 1 is 1.10 bits per heavy atom. The van der Waals surface area contributed by atoms with E-state index in [9.17, 15) is 4.79 Å². The summed E-state index contributed by atoms with van der Waals surface area (Å²) in [5.41, 5.74) is 4.16. The minimum absolute atomic E-state index is 0. The predicted octanol–water partition coefficient (Wildman–Crippen LogP) is 6.68. The van der Waals surface area contributed by atoms with Crippen LogP contribution in [0.2, 0.25) is 0 Å². The van der Waals surface area contributed by atoms with E-state index in [0.717, 1.165) is 76.5 Å². The number of methoxy groups -OCH3 is 1. The number of pyridine rings is 1. The van der Waals surface area contributed by atoms with Crippen LogP contribution in [0.3, 0.4) is 0 Å². The Balaban J connectivity index is 0.00000323. The number of anilines is 1. The first-order chi connectivity index (χ1) is 19.1. The Morgan fingerprint density at radius 2 is 1.93 bits per heavy atom. The van der Waals surface area contributed by atoms with Crippen molar-refractivity contribution >= 4 is 67.2 Å². The molecule has 7 nitrogen and oxygen atoms in total. The van der Waals surface area contributed by atoms with Crippen molar-refractivity contribution < 1.29 is 14.3 Å². The molecule has 2 aromatic carbocycles. The van der Waals surface area contributed by atoms with Gasteiger partial charge in [0, 0.05) is 31.6 Å². The second-order valence-corrected chi connectivity index (χ2v) is 11.5. The molecule has 0 radical (unpaired) electrons. The lowest BCUT2D eigenvalue weighted by Crippen LogP contribution is -2.39. The summed E-state index contributed by atoms with van der Waals surface area (Å²) < 4.78 is 12.2. The van der Waals surface area contributed by atoms with Crippen molar-refractivity contribution in [2.24, 2.45) is 0 Å². The summed E-state index contributed by atoms with van der Waals surface area (Å²) >= 11 is 3.17. The molecular weight excluding hydrogens is 564 g/mol. The summed E-state index contributed by atoms with van der Waals surface area (Å²) in [6.07, 6.45) is 0.832. The van der Waals surface area contributed by atoms with Gasteiger partial charge in [0.2, 0.25) is 0 Å². The van der Waals surface area contributed by atoms with Crippen LogP contribution in [0.1, 0.15) is 22.3 Å². The van der Waals surface area contributed by atoms with Gasteiger partial charge in [0.25, 0.3) is 5.91 Å². The third-order valence-electron chi connectivity index (χ3n) is 7.07. The number of fused-ring (bicyclic) bond motifs is 2. The maximum Gasteiger partial charge on any atom is 0.260 e. The van der Waals surface area contributed by atoms with Crippen LogP contribution >= 0.6 is 35.1 Å². The number of para-hydroxylation sites is 1. The molecule has 0 aliphatic carbocycles. The van der Waals surface area contributed by atoms with Crippen molar-refractivity contribution in [3.8, 4) is 16.3 Å². The van der Waals surface area contributed by atoms with Gasteiger partial charge in [-0.2, -0.15) is 0 Å². The Morgan fingerprint density at radius 3 is 2.70 bits per heavy atom. The number of ether oxygens (including phenoxy) is 2. The number of thiazole rings is 1. The molecule has 1 aliphatic heterocycles. The van der Waals surface area contributed by atoms with Crippen molar-refractivity contribution in [1.82, 2.24) is 14.9 Å². The van der Waals surface area contributed by atoms with E-state index in [1.54, 1.807) is 29.8 Å². The van der Waals surface area contributed by atoms with E-state index in [0.29, 0.717) is 23.0 Å². The lowest BCUT2D eigenvalue weighted by Gasteiger charge is -2.28. The van der Waals surface area contributed by atoms with Gasteiger partial charge in [-0.1, -0.05) is 41.7 Å². The number of aromatic nitrogens is 2. The van der Waals surface area contributed by atoms with Crippen LogP contribution < -0.4 is 9.64 Å². The molecule has 4 heterocycles. The minimum Gasteiger partial charge on any atom is -0.494 e. The maximum absolute atomic E-state index is 14.5. The molecule has 0 atom stereocenters. The number of thiophene rings is 1. The predicted molar refractivity (Wildman–Crippen MR) is 167 cm³/mol. The van der Waals surface area contributed by atoms with Crippen LogP contribution in [0.15, 0.2) is 60.0 Å². The second-order valence-electron chi connectivity index (χ2n) is 9.57. The fraction of sp³-hybridized carbons (Fsp3) is 0.300. The van der Waals surface area contributed by atoms with Crippen molar-refractivity contribution in [1.29, 1.82) is 0 Å². The molecule has 10 heteroatoms. The zero-order chi connectivity index (χ0) is 26.8. The van der Waals surface area contributed by atoms with Crippen molar-refractivity contribution in [2.45, 2.75) is 13.3 Å². The SMILES string of the molecule is COc1ccc(C)c2sc(N(CCCN3CCOCC3)C(=O)c3cc(-c4cccs4)nc4ccccc34)nc12.Cl. The molecule has 1 amide bonds. The summed E-state index contributed by atoms with van der Waals surface area (Å²) in [6, 6.07) is 17.8. The number of morpholine rings is 1. The first kappa shape index (κ1) is 28.4.